The fraction of sp³-hybridized carbons (Fsp3) is 0.375. The Kier molecular flexibility index (Phi) is 4.57. The normalized spacial score (nSPS) is 18.0. The number of carbonyl (C=O) groups is 1. The van der Waals surface area contributed by atoms with Crippen LogP contribution in [0.2, 0.25) is 0 Å². The smallest absolute Gasteiger partial charge is 0.250 e. The Morgan fingerprint density at radius 2 is 1.77 bits per heavy atom. The van der Waals surface area contributed by atoms with Gasteiger partial charge in [-0.2, -0.15) is 9.40 Å². The van der Waals surface area contributed by atoms with Crippen LogP contribution >= 0.6 is 0 Å². The first kappa shape index (κ1) is 18.5. The van der Waals surface area contributed by atoms with Gasteiger partial charge in [0.15, 0.2) is 6.29 Å². The van der Waals surface area contributed by atoms with Gasteiger partial charge in [0.25, 0.3) is 5.92 Å². The zero-order chi connectivity index (χ0) is 19.1. The summed E-state index contributed by atoms with van der Waals surface area (Å²) in [4.78, 5) is 11.1. The van der Waals surface area contributed by atoms with Crippen LogP contribution in [0, 0.1) is 0 Å². The van der Waals surface area contributed by atoms with Gasteiger partial charge in [0.05, 0.1) is 4.90 Å². The number of aldehydes is 1. The molecular formula is C16H17F2N3O4S. The molecule has 1 N–H and O–H groups in total. The van der Waals surface area contributed by atoms with Gasteiger partial charge in [-0.15, -0.1) is 0 Å². The summed E-state index contributed by atoms with van der Waals surface area (Å²) in [7, 11) is -2.41. The number of benzene rings is 1. The highest BCUT2D eigenvalue weighted by Gasteiger charge is 2.38. The number of aryl methyl sites for hydroxylation is 1. The second-order valence-corrected chi connectivity index (χ2v) is 8.05. The van der Waals surface area contributed by atoms with Gasteiger partial charge in [0, 0.05) is 38.5 Å². The molecule has 0 radical (unpaired) electrons. The second-order valence-electron chi connectivity index (χ2n) is 6.11. The third kappa shape index (κ3) is 3.21. The fourth-order valence-electron chi connectivity index (χ4n) is 2.84. The molecular weight excluding hydrogens is 368 g/mol. The van der Waals surface area contributed by atoms with Crippen molar-refractivity contribution in [2.24, 2.45) is 7.05 Å². The molecule has 1 aromatic heterocycles. The first-order chi connectivity index (χ1) is 12.2. The Hall–Kier alpha value is -2.33. The van der Waals surface area contributed by atoms with Gasteiger partial charge in [-0.1, -0.05) is 12.1 Å². The van der Waals surface area contributed by atoms with Crippen molar-refractivity contribution in [2.75, 3.05) is 13.1 Å². The Morgan fingerprint density at radius 1 is 1.19 bits per heavy atom. The third-order valence-corrected chi connectivity index (χ3v) is 6.30. The van der Waals surface area contributed by atoms with Crippen LogP contribution in [0.25, 0.3) is 11.3 Å². The van der Waals surface area contributed by atoms with Gasteiger partial charge in [0.2, 0.25) is 15.9 Å². The number of carbonyl (C=O) groups excluding carboxylic acids is 1. The van der Waals surface area contributed by atoms with E-state index in [-0.39, 0.29) is 35.1 Å². The number of hydrogen-bond donors (Lipinski definition) is 1. The van der Waals surface area contributed by atoms with E-state index in [0.717, 1.165) is 8.99 Å². The molecule has 1 aliphatic heterocycles. The molecule has 0 saturated carbocycles. The van der Waals surface area contributed by atoms with Gasteiger partial charge in [-0.3, -0.25) is 4.79 Å². The highest BCUT2D eigenvalue weighted by atomic mass is 32.2. The maximum atomic E-state index is 13.2. The van der Waals surface area contributed by atoms with Crippen molar-refractivity contribution < 1.29 is 27.1 Å². The minimum Gasteiger partial charge on any atom is -0.493 e. The molecule has 10 heteroatoms. The van der Waals surface area contributed by atoms with Crippen molar-refractivity contribution in [3.63, 3.8) is 0 Å². The van der Waals surface area contributed by atoms with Crippen LogP contribution in [0.4, 0.5) is 8.78 Å². The van der Waals surface area contributed by atoms with Gasteiger partial charge in [-0.05, 0) is 12.1 Å². The summed E-state index contributed by atoms with van der Waals surface area (Å²) in [6.45, 7) is -0.471. The summed E-state index contributed by atoms with van der Waals surface area (Å²) in [6, 6.07) is 5.58. The lowest BCUT2D eigenvalue weighted by Gasteiger charge is -2.30. The number of rotatable bonds is 4. The maximum Gasteiger partial charge on any atom is 0.250 e. The molecule has 0 spiro atoms. The lowest BCUT2D eigenvalue weighted by molar-refractivity contribution is -0.0412. The summed E-state index contributed by atoms with van der Waals surface area (Å²) in [5, 5.41) is 13.8. The SMILES string of the molecule is Cn1nc(-c2ccc(S(=O)(=O)N3CCC(F)(F)CC3)cc2)c(C=O)c1O. The molecule has 0 amide bonds. The van der Waals surface area contributed by atoms with E-state index in [2.05, 4.69) is 5.10 Å². The standard InChI is InChI=1S/C16H17F2N3O4S/c1-20-15(23)13(10-22)14(19-20)11-2-4-12(5-3-11)26(24,25)21-8-6-16(17,18)7-9-21/h2-5,10,23H,6-9H2,1H3. The average Bonchev–Trinajstić information content (AvgIpc) is 2.89. The fourth-order valence-corrected chi connectivity index (χ4v) is 4.28. The maximum absolute atomic E-state index is 13.2. The summed E-state index contributed by atoms with van der Waals surface area (Å²) < 4.78 is 53.8. The molecule has 0 unspecified atom stereocenters. The first-order valence-corrected chi connectivity index (χ1v) is 9.29. The number of nitrogens with zero attached hydrogens (tertiary/aromatic N) is 3. The van der Waals surface area contributed by atoms with Crippen LogP contribution in [0.3, 0.4) is 0 Å². The van der Waals surface area contributed by atoms with Gasteiger partial charge >= 0.3 is 0 Å². The minimum absolute atomic E-state index is 0.00127. The van der Waals surface area contributed by atoms with Crippen molar-refractivity contribution in [1.82, 2.24) is 14.1 Å². The topological polar surface area (TPSA) is 92.5 Å². The van der Waals surface area contributed by atoms with E-state index in [4.69, 9.17) is 0 Å². The van der Waals surface area contributed by atoms with Crippen LogP contribution in [0.1, 0.15) is 23.2 Å². The molecule has 7 nitrogen and oxygen atoms in total. The van der Waals surface area contributed by atoms with Crippen molar-refractivity contribution in [3.8, 4) is 17.1 Å². The Morgan fingerprint density at radius 3 is 2.31 bits per heavy atom. The van der Waals surface area contributed by atoms with Crippen LogP contribution in [0.5, 0.6) is 5.88 Å². The Balaban J connectivity index is 1.88. The quantitative estimate of drug-likeness (QED) is 0.813. The summed E-state index contributed by atoms with van der Waals surface area (Å²) >= 11 is 0. The van der Waals surface area contributed by atoms with Gasteiger partial charge < -0.3 is 5.11 Å². The lowest BCUT2D eigenvalue weighted by Crippen LogP contribution is -2.42. The molecule has 0 bridgehead atoms. The summed E-state index contributed by atoms with van der Waals surface area (Å²) in [5.41, 5.74) is 0.676. The molecule has 0 atom stereocenters. The van der Waals surface area contributed by atoms with E-state index < -0.39 is 28.8 Å². The van der Waals surface area contributed by atoms with E-state index in [0.29, 0.717) is 11.8 Å². The van der Waals surface area contributed by atoms with Crippen LogP contribution in [-0.2, 0) is 17.1 Å². The van der Waals surface area contributed by atoms with Gasteiger partial charge in [-0.25, -0.2) is 21.9 Å². The number of sulfonamides is 1. The molecule has 1 saturated heterocycles. The monoisotopic (exact) mass is 385 g/mol. The van der Waals surface area contributed by atoms with E-state index in [1.54, 1.807) is 0 Å². The molecule has 2 heterocycles. The third-order valence-electron chi connectivity index (χ3n) is 4.39. The molecule has 26 heavy (non-hydrogen) atoms. The van der Waals surface area contributed by atoms with Crippen molar-refractivity contribution in [2.45, 2.75) is 23.7 Å². The van der Waals surface area contributed by atoms with Gasteiger partial charge in [0.1, 0.15) is 11.3 Å². The molecule has 1 fully saturated rings. The van der Waals surface area contributed by atoms with Crippen LogP contribution in [0.15, 0.2) is 29.2 Å². The zero-order valence-corrected chi connectivity index (χ0v) is 14.7. The van der Waals surface area contributed by atoms with Crippen molar-refractivity contribution >= 4 is 16.3 Å². The number of piperidine rings is 1. The van der Waals surface area contributed by atoms with Crippen molar-refractivity contribution in [1.29, 1.82) is 0 Å². The van der Waals surface area contributed by atoms with Crippen LogP contribution < -0.4 is 0 Å². The molecule has 140 valence electrons. The van der Waals surface area contributed by atoms with Crippen LogP contribution in [-0.4, -0.2) is 52.9 Å². The summed E-state index contributed by atoms with van der Waals surface area (Å²) in [6.07, 6.45) is -0.531. The highest BCUT2D eigenvalue weighted by Crippen LogP contribution is 2.32. The molecule has 0 aliphatic carbocycles. The number of hydrogen-bond acceptors (Lipinski definition) is 5. The minimum atomic E-state index is -3.87. The van der Waals surface area contributed by atoms with Crippen molar-refractivity contribution in [3.05, 3.63) is 29.8 Å². The predicted octanol–water partition coefficient (Wildman–Crippen LogP) is 2.02. The molecule has 2 aromatic rings. The first-order valence-electron chi connectivity index (χ1n) is 7.85. The molecule has 1 aliphatic rings. The summed E-state index contributed by atoms with van der Waals surface area (Å²) in [5.74, 6) is -3.12. The largest absolute Gasteiger partial charge is 0.493 e. The van der Waals surface area contributed by atoms with E-state index >= 15 is 0 Å². The number of aromatic hydroxyl groups is 1. The zero-order valence-electron chi connectivity index (χ0n) is 13.9. The highest BCUT2D eigenvalue weighted by molar-refractivity contribution is 7.89. The predicted molar refractivity (Wildman–Crippen MR) is 88.6 cm³/mol. The number of alkyl halides is 2. The van der Waals surface area contributed by atoms with E-state index in [1.807, 2.05) is 0 Å². The number of halogens is 2. The van der Waals surface area contributed by atoms with E-state index in [9.17, 15) is 27.1 Å². The number of aromatic nitrogens is 2. The second kappa shape index (κ2) is 6.44. The molecule has 3 rings (SSSR count). The lowest BCUT2D eigenvalue weighted by atomic mass is 10.1. The average molecular weight is 385 g/mol. The molecule has 1 aromatic carbocycles. The Bertz CT molecular complexity index is 929. The van der Waals surface area contributed by atoms with E-state index in [1.165, 1.54) is 31.3 Å². The Labute approximate surface area is 148 Å².